The van der Waals surface area contributed by atoms with E-state index in [1.54, 1.807) is 28.4 Å². The van der Waals surface area contributed by atoms with E-state index in [9.17, 15) is 9.18 Å². The number of benzene rings is 1. The van der Waals surface area contributed by atoms with Gasteiger partial charge in [0, 0.05) is 42.3 Å². The molecule has 0 unspecified atom stereocenters. The fourth-order valence-corrected chi connectivity index (χ4v) is 3.28. The Hall–Kier alpha value is -3.26. The number of hydrogen-bond acceptors (Lipinski definition) is 4. The molecule has 0 radical (unpaired) electrons. The molecule has 0 spiro atoms. The summed E-state index contributed by atoms with van der Waals surface area (Å²) in [6.07, 6.45) is 7.19. The molecule has 26 heavy (non-hydrogen) atoms. The van der Waals surface area contributed by atoms with E-state index in [0.717, 1.165) is 11.3 Å². The average molecular weight is 367 g/mol. The Kier molecular flexibility index (Phi) is 4.10. The monoisotopic (exact) mass is 367 g/mol. The molecule has 1 N–H and O–H groups in total. The van der Waals surface area contributed by atoms with Crippen LogP contribution in [0, 0.1) is 5.82 Å². The number of aromatic nitrogens is 4. The van der Waals surface area contributed by atoms with Gasteiger partial charge in [0.15, 0.2) is 0 Å². The van der Waals surface area contributed by atoms with Gasteiger partial charge in [-0.05, 0) is 30.3 Å². The average Bonchev–Trinajstić information content (AvgIpc) is 3.37. The lowest BCUT2D eigenvalue weighted by Gasteiger charge is -2.08. The molecule has 4 aromatic rings. The lowest BCUT2D eigenvalue weighted by Crippen LogP contribution is -2.13. The molecule has 0 aliphatic carbocycles. The van der Waals surface area contributed by atoms with Crippen LogP contribution in [0.2, 0.25) is 0 Å². The number of halogens is 1. The number of rotatable bonds is 4. The number of hydrogen-bond donors (Lipinski definition) is 1. The number of thiazole rings is 1. The first-order valence-electron chi connectivity index (χ1n) is 7.79. The van der Waals surface area contributed by atoms with Crippen molar-refractivity contribution in [3.8, 4) is 16.3 Å². The summed E-state index contributed by atoms with van der Waals surface area (Å²) in [6.45, 7) is 0. The highest BCUT2D eigenvalue weighted by molar-refractivity contribution is 7.13. The van der Waals surface area contributed by atoms with Gasteiger partial charge in [0.25, 0.3) is 5.91 Å². The third-order valence-electron chi connectivity index (χ3n) is 3.79. The van der Waals surface area contributed by atoms with Gasteiger partial charge in [0.2, 0.25) is 0 Å². The molecule has 8 heteroatoms. The molecule has 1 aromatic carbocycles. The zero-order valence-electron chi connectivity index (χ0n) is 13.8. The zero-order valence-corrected chi connectivity index (χ0v) is 14.6. The number of carbonyl (C=O) groups excluding carboxylic acids is 1. The van der Waals surface area contributed by atoms with Crippen molar-refractivity contribution in [2.45, 2.75) is 0 Å². The Morgan fingerprint density at radius 3 is 2.81 bits per heavy atom. The van der Waals surface area contributed by atoms with E-state index in [2.05, 4.69) is 15.4 Å². The van der Waals surface area contributed by atoms with E-state index in [1.807, 2.05) is 42.3 Å². The normalized spacial score (nSPS) is 10.8. The number of aryl methyl sites for hydroxylation is 1. The highest BCUT2D eigenvalue weighted by Gasteiger charge is 2.15. The van der Waals surface area contributed by atoms with E-state index in [1.165, 1.54) is 17.4 Å². The molecule has 0 saturated heterocycles. The number of nitrogens with zero attached hydrogens (tertiary/aromatic N) is 4. The van der Waals surface area contributed by atoms with E-state index >= 15 is 0 Å². The predicted octanol–water partition coefficient (Wildman–Crippen LogP) is 3.73. The second-order valence-electron chi connectivity index (χ2n) is 5.65. The summed E-state index contributed by atoms with van der Waals surface area (Å²) < 4.78 is 17.6. The lowest BCUT2D eigenvalue weighted by atomic mass is 10.2. The Morgan fingerprint density at radius 2 is 2.08 bits per heavy atom. The molecule has 0 saturated carbocycles. The highest BCUT2D eigenvalue weighted by Crippen LogP contribution is 2.24. The minimum absolute atomic E-state index is 0.108. The molecule has 0 aliphatic heterocycles. The third kappa shape index (κ3) is 3.14. The van der Waals surface area contributed by atoms with Gasteiger partial charge in [-0.2, -0.15) is 5.10 Å². The van der Waals surface area contributed by atoms with Gasteiger partial charge in [0.05, 0.1) is 11.9 Å². The number of anilines is 1. The maximum atomic E-state index is 14.1. The van der Waals surface area contributed by atoms with Crippen LogP contribution in [-0.2, 0) is 7.05 Å². The molecule has 130 valence electrons. The first-order valence-corrected chi connectivity index (χ1v) is 8.67. The predicted molar refractivity (Wildman–Crippen MR) is 98.0 cm³/mol. The maximum absolute atomic E-state index is 14.1. The molecular weight excluding hydrogens is 353 g/mol. The van der Waals surface area contributed by atoms with Crippen LogP contribution in [0.4, 0.5) is 10.1 Å². The van der Waals surface area contributed by atoms with E-state index in [4.69, 9.17) is 0 Å². The van der Waals surface area contributed by atoms with Crippen LogP contribution in [0.25, 0.3) is 16.3 Å². The largest absolute Gasteiger partial charge is 0.324 e. The van der Waals surface area contributed by atoms with Gasteiger partial charge < -0.3 is 9.88 Å². The first-order chi connectivity index (χ1) is 12.6. The minimum atomic E-state index is -0.503. The number of nitrogens with one attached hydrogen (secondary N) is 1. The topological polar surface area (TPSA) is 64.7 Å². The van der Waals surface area contributed by atoms with Crippen molar-refractivity contribution in [3.63, 3.8) is 0 Å². The van der Waals surface area contributed by atoms with Crippen molar-refractivity contribution in [2.24, 2.45) is 7.05 Å². The fraction of sp³-hybridized carbons (Fsp3) is 0.0556. The van der Waals surface area contributed by atoms with Crippen molar-refractivity contribution in [1.82, 2.24) is 19.3 Å². The van der Waals surface area contributed by atoms with Gasteiger partial charge >= 0.3 is 0 Å². The molecule has 0 atom stereocenters. The first kappa shape index (κ1) is 16.2. The Balaban J connectivity index is 1.57. The van der Waals surface area contributed by atoms with Gasteiger partial charge in [-0.15, -0.1) is 11.3 Å². The van der Waals surface area contributed by atoms with Crippen LogP contribution < -0.4 is 5.32 Å². The Bertz CT molecular complexity index is 1070. The summed E-state index contributed by atoms with van der Waals surface area (Å²) in [5, 5.41) is 9.02. The standard InChI is InChI=1S/C18H14FN5OS/c1-23-10-12(9-20-23)18-22-16(11-26-18)17(25)21-15-8-13(4-5-14(15)19)24-6-2-3-7-24/h2-11H,1H3,(H,21,25). The summed E-state index contributed by atoms with van der Waals surface area (Å²) in [5.74, 6) is -0.961. The molecule has 0 bridgehead atoms. The molecule has 0 fully saturated rings. The van der Waals surface area contributed by atoms with Crippen LogP contribution >= 0.6 is 11.3 Å². The van der Waals surface area contributed by atoms with Gasteiger partial charge in [-0.1, -0.05) is 0 Å². The molecule has 1 amide bonds. The fourth-order valence-electron chi connectivity index (χ4n) is 2.50. The smallest absolute Gasteiger partial charge is 0.275 e. The summed E-state index contributed by atoms with van der Waals surface area (Å²) in [6, 6.07) is 8.30. The quantitative estimate of drug-likeness (QED) is 0.598. The van der Waals surface area contributed by atoms with Crippen molar-refractivity contribution < 1.29 is 9.18 Å². The molecular formula is C18H14FN5OS. The van der Waals surface area contributed by atoms with Crippen LogP contribution in [-0.4, -0.2) is 25.2 Å². The van der Waals surface area contributed by atoms with Gasteiger partial charge in [0.1, 0.15) is 16.5 Å². The zero-order chi connectivity index (χ0) is 18.1. The van der Waals surface area contributed by atoms with Crippen LogP contribution in [0.3, 0.4) is 0 Å². The van der Waals surface area contributed by atoms with Crippen LogP contribution in [0.15, 0.2) is 60.5 Å². The Labute approximate surface area is 152 Å². The summed E-state index contributed by atoms with van der Waals surface area (Å²) in [5.41, 5.74) is 1.93. The number of carbonyl (C=O) groups is 1. The molecule has 3 aromatic heterocycles. The van der Waals surface area contributed by atoms with Crippen molar-refractivity contribution in [2.75, 3.05) is 5.32 Å². The Morgan fingerprint density at radius 1 is 1.27 bits per heavy atom. The van der Waals surface area contributed by atoms with Crippen molar-refractivity contribution >= 4 is 22.9 Å². The van der Waals surface area contributed by atoms with Crippen LogP contribution in [0.5, 0.6) is 0 Å². The lowest BCUT2D eigenvalue weighted by molar-refractivity contribution is 0.102. The maximum Gasteiger partial charge on any atom is 0.275 e. The highest BCUT2D eigenvalue weighted by atomic mass is 32.1. The summed E-state index contributed by atoms with van der Waals surface area (Å²) in [4.78, 5) is 16.8. The molecule has 0 aliphatic rings. The molecule has 4 rings (SSSR count). The third-order valence-corrected chi connectivity index (χ3v) is 4.68. The molecule has 3 heterocycles. The van der Waals surface area contributed by atoms with Crippen LogP contribution in [0.1, 0.15) is 10.5 Å². The van der Waals surface area contributed by atoms with Gasteiger partial charge in [-0.25, -0.2) is 9.37 Å². The van der Waals surface area contributed by atoms with Crippen molar-refractivity contribution in [3.05, 3.63) is 72.0 Å². The van der Waals surface area contributed by atoms with E-state index < -0.39 is 11.7 Å². The number of amides is 1. The second kappa shape index (κ2) is 6.57. The van der Waals surface area contributed by atoms with Crippen molar-refractivity contribution in [1.29, 1.82) is 0 Å². The summed E-state index contributed by atoms with van der Waals surface area (Å²) >= 11 is 1.34. The van der Waals surface area contributed by atoms with E-state index in [0.29, 0.717) is 5.01 Å². The van der Waals surface area contributed by atoms with E-state index in [-0.39, 0.29) is 11.4 Å². The van der Waals surface area contributed by atoms with Gasteiger partial charge in [-0.3, -0.25) is 9.48 Å². The summed E-state index contributed by atoms with van der Waals surface area (Å²) in [7, 11) is 1.81. The molecule has 6 nitrogen and oxygen atoms in total. The SMILES string of the molecule is Cn1cc(-c2nc(C(=O)Nc3cc(-n4cccc4)ccc3F)cs2)cn1. The minimum Gasteiger partial charge on any atom is -0.324 e. The second-order valence-corrected chi connectivity index (χ2v) is 6.51.